The fourth-order valence-electron chi connectivity index (χ4n) is 9.36. The number of nitrogens with one attached hydrogen (secondary N) is 2. The first kappa shape index (κ1) is 49.1. The third-order valence-electron chi connectivity index (χ3n) is 12.5. The summed E-state index contributed by atoms with van der Waals surface area (Å²) in [4.78, 5) is 19.2. The third kappa shape index (κ3) is 8.84. The van der Waals surface area contributed by atoms with E-state index in [4.69, 9.17) is 16.6 Å². The number of amides is 1. The van der Waals surface area contributed by atoms with Gasteiger partial charge in [0, 0.05) is 22.8 Å². The molecule has 12 nitrogen and oxygen atoms in total. The molecule has 0 radical (unpaired) electrons. The van der Waals surface area contributed by atoms with E-state index in [-0.39, 0.29) is 56.0 Å². The molecule has 2 N–H and O–H groups in total. The van der Waals surface area contributed by atoms with Crippen molar-refractivity contribution in [1.82, 2.24) is 29.9 Å². The Balaban J connectivity index is 1.29. The first-order valence-corrected chi connectivity index (χ1v) is 25.1. The number of alkyl halides is 8. The van der Waals surface area contributed by atoms with Gasteiger partial charge in [0.15, 0.2) is 21.3 Å². The summed E-state index contributed by atoms with van der Waals surface area (Å²) in [6.07, 6.45) is -8.65. The molecule has 0 bridgehead atoms. The van der Waals surface area contributed by atoms with E-state index in [0.717, 1.165) is 12.1 Å². The van der Waals surface area contributed by atoms with E-state index < -0.39 is 131 Å². The van der Waals surface area contributed by atoms with Gasteiger partial charge in [-0.1, -0.05) is 35.4 Å². The van der Waals surface area contributed by atoms with E-state index in [1.165, 1.54) is 26.0 Å². The Labute approximate surface area is 397 Å². The van der Waals surface area contributed by atoms with Crippen LogP contribution < -0.4 is 10.0 Å². The lowest BCUT2D eigenvalue weighted by Crippen LogP contribution is -2.36. The van der Waals surface area contributed by atoms with Crippen molar-refractivity contribution in [2.24, 2.45) is 5.92 Å². The van der Waals surface area contributed by atoms with Gasteiger partial charge in [-0.2, -0.15) is 45.3 Å². The highest BCUT2D eigenvalue weighted by Gasteiger charge is 2.62. The summed E-state index contributed by atoms with van der Waals surface area (Å²) < 4.78 is 201. The van der Waals surface area contributed by atoms with Crippen LogP contribution >= 0.6 is 11.6 Å². The first-order valence-electron chi connectivity index (χ1n) is 21.3. The standard InChI is InChI=1S/C45H36ClF10N7O5S2/c1-42(2,70(67,68)24-7-8-24)14-13-31-25-5-4-6-26(25)34(28-10-12-30(46)36-38(28)63(20-43(49,50)51)60-41(36)61-69(3,65)66)37(58-31)32(17-21-15-22(47)18-23(48)16-21)57-33(64)19-62-40-35(39(59-62)45(54,55)56)27-9-11-29(27)44(40,52)53/h10,12,15-16,18,24,27,29,32H,4-8,17,19-20H2,1-3H3,(H,57,64)(H,60,61)/t27-,29+,32-/m0/s1. The minimum atomic E-state index is -5.26. The number of carbonyl (C=O) groups excluding carboxylic acids is 1. The number of aromatic nitrogens is 5. The quantitative estimate of drug-likeness (QED) is 0.0934. The lowest BCUT2D eigenvalue weighted by Gasteiger charge is -2.26. The van der Waals surface area contributed by atoms with Crippen LogP contribution in [0.2, 0.25) is 5.02 Å². The summed E-state index contributed by atoms with van der Waals surface area (Å²) in [6.45, 7) is -0.339. The number of rotatable bonds is 12. The monoisotopic (exact) mass is 1040 g/mol. The molecule has 1 saturated carbocycles. The van der Waals surface area contributed by atoms with Crippen LogP contribution in [0.4, 0.5) is 49.7 Å². The van der Waals surface area contributed by atoms with Crippen molar-refractivity contribution in [3.05, 3.63) is 92.0 Å². The van der Waals surface area contributed by atoms with Crippen molar-refractivity contribution < 1.29 is 65.5 Å². The second kappa shape index (κ2) is 16.6. The Bertz CT molecular complexity index is 3410. The molecular formula is C45H36ClF10N7O5S2. The third-order valence-corrected chi connectivity index (χ3v) is 16.2. The highest BCUT2D eigenvalue weighted by atomic mass is 35.5. The van der Waals surface area contributed by atoms with Gasteiger partial charge in [-0.05, 0) is 93.2 Å². The van der Waals surface area contributed by atoms with Crippen molar-refractivity contribution >= 4 is 54.1 Å². The van der Waals surface area contributed by atoms with Crippen LogP contribution in [0.15, 0.2) is 30.3 Å². The molecule has 5 aromatic rings. The zero-order chi connectivity index (χ0) is 50.8. The Morgan fingerprint density at radius 3 is 2.24 bits per heavy atom. The Morgan fingerprint density at radius 1 is 0.971 bits per heavy atom. The second-order valence-corrected chi connectivity index (χ2v) is 23.0. The van der Waals surface area contributed by atoms with Crippen LogP contribution in [0.5, 0.6) is 0 Å². The van der Waals surface area contributed by atoms with Crippen LogP contribution in [0.1, 0.15) is 90.1 Å². The largest absolute Gasteiger partial charge is 0.435 e. The average molecular weight is 1040 g/mol. The van der Waals surface area contributed by atoms with Crippen LogP contribution in [0.25, 0.3) is 22.0 Å². The van der Waals surface area contributed by atoms with Gasteiger partial charge in [0.2, 0.25) is 15.9 Å². The molecule has 3 aromatic heterocycles. The normalized spacial score (nSPS) is 18.8. The SMILES string of the molecule is CC(C)(C#Cc1nc([C@H](Cc2cc(F)cc(F)c2)NC(=O)Cn2nc(C(F)(F)F)c3c2C(F)(F)[C@@H]2C#C[C@H]32)c(-c2ccc(Cl)c3c(NS(C)(=O)=O)nn(CC(F)(F)F)c23)c2c1CCC2)S(=O)(=O)C1CC1. The van der Waals surface area contributed by atoms with Gasteiger partial charge < -0.3 is 5.32 Å². The Kier molecular flexibility index (Phi) is 11.7. The molecule has 0 spiro atoms. The van der Waals surface area contributed by atoms with Gasteiger partial charge in [0.25, 0.3) is 0 Å². The van der Waals surface area contributed by atoms with Crippen molar-refractivity contribution in [2.45, 2.75) is 106 Å². The van der Waals surface area contributed by atoms with Gasteiger partial charge in [-0.15, -0.1) is 0 Å². The number of sulfone groups is 1. The summed E-state index contributed by atoms with van der Waals surface area (Å²) in [7, 11) is -8.07. The predicted molar refractivity (Wildman–Crippen MR) is 233 cm³/mol. The predicted octanol–water partition coefficient (Wildman–Crippen LogP) is 8.30. The average Bonchev–Trinajstić information content (AvgIpc) is 3.63. The van der Waals surface area contributed by atoms with Crippen LogP contribution in [-0.2, 0) is 69.1 Å². The molecule has 4 aliphatic carbocycles. The zero-order valence-electron chi connectivity index (χ0n) is 36.6. The summed E-state index contributed by atoms with van der Waals surface area (Å²) >= 11 is 6.60. The van der Waals surface area contributed by atoms with Gasteiger partial charge in [-0.3, -0.25) is 18.9 Å². The molecule has 25 heteroatoms. The molecule has 0 unspecified atom stereocenters. The van der Waals surface area contributed by atoms with E-state index >= 15 is 8.78 Å². The molecule has 370 valence electrons. The minimum absolute atomic E-state index is 0.0411. The van der Waals surface area contributed by atoms with Crippen LogP contribution in [-0.4, -0.2) is 69.7 Å². The zero-order valence-corrected chi connectivity index (χ0v) is 39.0. The minimum Gasteiger partial charge on any atom is -0.346 e. The number of pyridine rings is 1. The molecular weight excluding hydrogens is 1010 g/mol. The topological polar surface area (TPSA) is 158 Å². The van der Waals surface area contributed by atoms with Gasteiger partial charge in [-0.25, -0.2) is 30.6 Å². The maximum atomic E-state index is 15.8. The second-order valence-electron chi connectivity index (χ2n) is 18.1. The maximum absolute atomic E-state index is 15.8. The summed E-state index contributed by atoms with van der Waals surface area (Å²) in [5.41, 5.74) is -4.23. The smallest absolute Gasteiger partial charge is 0.346 e. The molecule has 1 amide bonds. The highest BCUT2D eigenvalue weighted by molar-refractivity contribution is 7.93. The Hall–Kier alpha value is -5.85. The summed E-state index contributed by atoms with van der Waals surface area (Å²) in [5, 5.41) is 8.66. The van der Waals surface area contributed by atoms with E-state index in [9.17, 15) is 56.8 Å². The summed E-state index contributed by atoms with van der Waals surface area (Å²) in [5.74, 6) is -1.32. The number of sulfonamides is 1. The van der Waals surface area contributed by atoms with Crippen LogP contribution in [0.3, 0.4) is 0 Å². The molecule has 3 atom stereocenters. The lowest BCUT2D eigenvalue weighted by molar-refractivity contribution is -0.143. The molecule has 0 aliphatic heterocycles. The van der Waals surface area contributed by atoms with Crippen molar-refractivity contribution in [1.29, 1.82) is 0 Å². The molecule has 2 aromatic carbocycles. The molecule has 1 fully saturated rings. The number of fused-ring (bicyclic) bond motifs is 5. The molecule has 9 rings (SSSR count). The van der Waals surface area contributed by atoms with Crippen molar-refractivity contribution in [3.63, 3.8) is 0 Å². The molecule has 70 heavy (non-hydrogen) atoms. The van der Waals surface area contributed by atoms with E-state index in [1.807, 2.05) is 0 Å². The van der Waals surface area contributed by atoms with Gasteiger partial charge in [0.1, 0.15) is 46.8 Å². The number of carbonyl (C=O) groups is 1. The number of nitrogens with zero attached hydrogens (tertiary/aromatic N) is 5. The number of anilines is 1. The number of hydrogen-bond donors (Lipinski definition) is 2. The van der Waals surface area contributed by atoms with Crippen molar-refractivity contribution in [2.75, 3.05) is 11.0 Å². The lowest BCUT2D eigenvalue weighted by atomic mass is 9.84. The van der Waals surface area contributed by atoms with Crippen LogP contribution in [0, 0.1) is 41.2 Å². The van der Waals surface area contributed by atoms with Gasteiger partial charge in [0.05, 0.1) is 45.1 Å². The number of benzene rings is 2. The summed E-state index contributed by atoms with van der Waals surface area (Å²) in [6, 6.07) is 3.06. The fraction of sp³-hybridized carbons (Fsp3) is 0.422. The van der Waals surface area contributed by atoms with E-state index in [2.05, 4.69) is 43.9 Å². The highest BCUT2D eigenvalue weighted by Crippen LogP contribution is 2.58. The van der Waals surface area contributed by atoms with Gasteiger partial charge >= 0.3 is 18.3 Å². The number of hydrogen-bond acceptors (Lipinski definition) is 8. The number of halogens is 11. The molecule has 3 heterocycles. The molecule has 4 aliphatic rings. The molecule has 0 saturated heterocycles. The first-order chi connectivity index (χ1) is 32.4. The van der Waals surface area contributed by atoms with E-state index in [0.29, 0.717) is 47.4 Å². The van der Waals surface area contributed by atoms with E-state index in [1.54, 1.807) is 0 Å². The fourth-order valence-corrected chi connectivity index (χ4v) is 11.9. The Morgan fingerprint density at radius 2 is 1.64 bits per heavy atom. The van der Waals surface area contributed by atoms with Crippen molar-refractivity contribution in [3.8, 4) is 34.8 Å². The maximum Gasteiger partial charge on any atom is 0.435 e.